The van der Waals surface area contributed by atoms with Crippen molar-refractivity contribution in [1.29, 1.82) is 0 Å². The van der Waals surface area contributed by atoms with Gasteiger partial charge in [0.1, 0.15) is 16.6 Å². The summed E-state index contributed by atoms with van der Waals surface area (Å²) in [4.78, 5) is 15.2. The van der Waals surface area contributed by atoms with Gasteiger partial charge in [-0.2, -0.15) is 0 Å². The lowest BCUT2D eigenvalue weighted by molar-refractivity contribution is -0.139. The van der Waals surface area contributed by atoms with Crippen LogP contribution in [0.15, 0.2) is 23.6 Å². The molecule has 0 spiro atoms. The zero-order chi connectivity index (χ0) is 13.1. The van der Waals surface area contributed by atoms with E-state index in [1.165, 1.54) is 30.6 Å². The van der Waals surface area contributed by atoms with Crippen LogP contribution in [-0.4, -0.2) is 18.1 Å². The first-order chi connectivity index (χ1) is 8.58. The number of rotatable bonds is 3. The molecule has 1 aromatic heterocycles. The van der Waals surface area contributed by atoms with Gasteiger partial charge in [-0.3, -0.25) is 4.79 Å². The number of thiazole rings is 1. The average Bonchev–Trinajstić information content (AvgIpc) is 2.76. The SMILES string of the molecule is COC(=O)Cc1csc(-c2cc(F)cc(F)c2)n1. The highest BCUT2D eigenvalue weighted by Gasteiger charge is 2.10. The first kappa shape index (κ1) is 12.6. The fourth-order valence-corrected chi connectivity index (χ4v) is 2.23. The summed E-state index contributed by atoms with van der Waals surface area (Å²) in [7, 11) is 1.29. The van der Waals surface area contributed by atoms with Crippen molar-refractivity contribution in [2.45, 2.75) is 6.42 Å². The molecule has 0 aliphatic rings. The Hall–Kier alpha value is -1.82. The maximum Gasteiger partial charge on any atom is 0.311 e. The van der Waals surface area contributed by atoms with Gasteiger partial charge in [0, 0.05) is 17.0 Å². The van der Waals surface area contributed by atoms with Crippen LogP contribution in [-0.2, 0) is 16.0 Å². The van der Waals surface area contributed by atoms with Crippen LogP contribution >= 0.6 is 11.3 Å². The Labute approximate surface area is 106 Å². The van der Waals surface area contributed by atoms with E-state index >= 15 is 0 Å². The molecule has 0 N–H and O–H groups in total. The number of aromatic nitrogens is 1. The molecule has 3 nitrogen and oxygen atoms in total. The summed E-state index contributed by atoms with van der Waals surface area (Å²) < 4.78 is 30.6. The van der Waals surface area contributed by atoms with E-state index in [9.17, 15) is 13.6 Å². The van der Waals surface area contributed by atoms with Crippen LogP contribution < -0.4 is 0 Å². The van der Waals surface area contributed by atoms with E-state index in [0.29, 0.717) is 16.3 Å². The van der Waals surface area contributed by atoms with E-state index in [-0.39, 0.29) is 6.42 Å². The monoisotopic (exact) mass is 269 g/mol. The number of esters is 1. The Balaban J connectivity index is 2.26. The van der Waals surface area contributed by atoms with E-state index in [1.807, 2.05) is 0 Å². The van der Waals surface area contributed by atoms with Crippen LogP contribution in [0.2, 0.25) is 0 Å². The molecule has 0 fully saturated rings. The molecule has 0 aliphatic carbocycles. The van der Waals surface area contributed by atoms with Gasteiger partial charge in [-0.25, -0.2) is 13.8 Å². The Morgan fingerprint density at radius 2 is 2.00 bits per heavy atom. The van der Waals surface area contributed by atoms with Gasteiger partial charge in [-0.15, -0.1) is 11.3 Å². The van der Waals surface area contributed by atoms with Crippen molar-refractivity contribution in [3.05, 3.63) is 40.9 Å². The first-order valence-corrected chi connectivity index (χ1v) is 5.94. The predicted octanol–water partition coefficient (Wildman–Crippen LogP) is 2.80. The Kier molecular flexibility index (Phi) is 3.66. The summed E-state index contributed by atoms with van der Waals surface area (Å²) >= 11 is 1.22. The second-order valence-electron chi connectivity index (χ2n) is 3.56. The molecule has 0 amide bonds. The summed E-state index contributed by atoms with van der Waals surface area (Å²) in [6.07, 6.45) is 0.0464. The Bertz CT molecular complexity index is 563. The molecule has 0 aliphatic heterocycles. The maximum atomic E-state index is 13.0. The van der Waals surface area contributed by atoms with Crippen molar-refractivity contribution in [2.75, 3.05) is 7.11 Å². The third-order valence-electron chi connectivity index (χ3n) is 2.21. The Morgan fingerprint density at radius 3 is 2.61 bits per heavy atom. The van der Waals surface area contributed by atoms with Crippen molar-refractivity contribution in [3.8, 4) is 10.6 Å². The van der Waals surface area contributed by atoms with Crippen molar-refractivity contribution in [3.63, 3.8) is 0 Å². The molecule has 0 saturated heterocycles. The Morgan fingerprint density at radius 1 is 1.33 bits per heavy atom. The van der Waals surface area contributed by atoms with E-state index in [0.717, 1.165) is 6.07 Å². The molecule has 1 aromatic carbocycles. The summed E-state index contributed by atoms with van der Waals surface area (Å²) in [6, 6.07) is 3.19. The number of ether oxygens (including phenoxy) is 1. The zero-order valence-electron chi connectivity index (χ0n) is 9.44. The maximum absolute atomic E-state index is 13.0. The van der Waals surface area contributed by atoms with Gasteiger partial charge in [0.2, 0.25) is 0 Å². The van der Waals surface area contributed by atoms with E-state index in [1.54, 1.807) is 5.38 Å². The number of nitrogens with zero attached hydrogens (tertiary/aromatic N) is 1. The van der Waals surface area contributed by atoms with Crippen LogP contribution in [0, 0.1) is 11.6 Å². The lowest BCUT2D eigenvalue weighted by Gasteiger charge is -1.97. The number of hydrogen-bond acceptors (Lipinski definition) is 4. The molecule has 0 bridgehead atoms. The van der Waals surface area contributed by atoms with Crippen LogP contribution in [0.25, 0.3) is 10.6 Å². The van der Waals surface area contributed by atoms with Crippen molar-refractivity contribution in [2.24, 2.45) is 0 Å². The minimum Gasteiger partial charge on any atom is -0.469 e. The van der Waals surface area contributed by atoms with Gasteiger partial charge in [0.15, 0.2) is 0 Å². The highest BCUT2D eigenvalue weighted by Crippen LogP contribution is 2.25. The normalized spacial score (nSPS) is 10.4. The molecule has 0 unspecified atom stereocenters. The highest BCUT2D eigenvalue weighted by molar-refractivity contribution is 7.13. The fourth-order valence-electron chi connectivity index (χ4n) is 1.42. The van der Waals surface area contributed by atoms with Crippen LogP contribution in [0.4, 0.5) is 8.78 Å². The topological polar surface area (TPSA) is 39.2 Å². The molecule has 6 heteroatoms. The number of benzene rings is 1. The van der Waals surface area contributed by atoms with Crippen molar-refractivity contribution < 1.29 is 18.3 Å². The van der Waals surface area contributed by atoms with Gasteiger partial charge in [0.25, 0.3) is 0 Å². The molecule has 94 valence electrons. The van der Waals surface area contributed by atoms with E-state index in [2.05, 4.69) is 9.72 Å². The van der Waals surface area contributed by atoms with Gasteiger partial charge in [-0.05, 0) is 12.1 Å². The summed E-state index contributed by atoms with van der Waals surface area (Å²) in [6.45, 7) is 0. The molecule has 2 rings (SSSR count). The van der Waals surface area contributed by atoms with Gasteiger partial charge in [-0.1, -0.05) is 0 Å². The zero-order valence-corrected chi connectivity index (χ0v) is 10.3. The molecular weight excluding hydrogens is 260 g/mol. The highest BCUT2D eigenvalue weighted by atomic mass is 32.1. The summed E-state index contributed by atoms with van der Waals surface area (Å²) in [5, 5.41) is 2.13. The lowest BCUT2D eigenvalue weighted by Crippen LogP contribution is -2.04. The van der Waals surface area contributed by atoms with Crippen LogP contribution in [0.1, 0.15) is 5.69 Å². The summed E-state index contributed by atoms with van der Waals surface area (Å²) in [5.74, 6) is -1.72. The standard InChI is InChI=1S/C12H9F2NO2S/c1-17-11(16)5-10-6-18-12(15-10)7-2-8(13)4-9(14)3-7/h2-4,6H,5H2,1H3. The van der Waals surface area contributed by atoms with E-state index in [4.69, 9.17) is 0 Å². The van der Waals surface area contributed by atoms with Crippen molar-refractivity contribution >= 4 is 17.3 Å². The number of hydrogen-bond donors (Lipinski definition) is 0. The quantitative estimate of drug-likeness (QED) is 0.804. The number of halogens is 2. The van der Waals surface area contributed by atoms with Crippen LogP contribution in [0.5, 0.6) is 0 Å². The molecular formula is C12H9F2NO2S. The minimum atomic E-state index is -0.658. The van der Waals surface area contributed by atoms with E-state index < -0.39 is 17.6 Å². The first-order valence-electron chi connectivity index (χ1n) is 5.06. The molecule has 0 saturated carbocycles. The smallest absolute Gasteiger partial charge is 0.311 e. The predicted molar refractivity (Wildman–Crippen MR) is 63.2 cm³/mol. The lowest BCUT2D eigenvalue weighted by atomic mass is 10.2. The minimum absolute atomic E-state index is 0.0464. The fraction of sp³-hybridized carbons (Fsp3) is 0.167. The molecule has 2 aromatic rings. The molecule has 0 atom stereocenters. The molecule has 1 heterocycles. The second kappa shape index (κ2) is 5.22. The average molecular weight is 269 g/mol. The second-order valence-corrected chi connectivity index (χ2v) is 4.41. The number of carbonyl (C=O) groups is 1. The van der Waals surface area contributed by atoms with Gasteiger partial charge < -0.3 is 4.74 Å². The van der Waals surface area contributed by atoms with Crippen molar-refractivity contribution in [1.82, 2.24) is 4.98 Å². The van der Waals surface area contributed by atoms with Crippen LogP contribution in [0.3, 0.4) is 0 Å². The number of carbonyl (C=O) groups excluding carboxylic acids is 1. The number of methoxy groups -OCH3 is 1. The largest absolute Gasteiger partial charge is 0.469 e. The van der Waals surface area contributed by atoms with Gasteiger partial charge >= 0.3 is 5.97 Å². The molecule has 18 heavy (non-hydrogen) atoms. The third-order valence-corrected chi connectivity index (χ3v) is 3.15. The molecule has 0 radical (unpaired) electrons. The van der Waals surface area contributed by atoms with Gasteiger partial charge in [0.05, 0.1) is 19.2 Å². The third kappa shape index (κ3) is 2.89. The summed E-state index contributed by atoms with van der Waals surface area (Å²) in [5.41, 5.74) is 0.875.